The molecule has 1 rings (SSSR count). The monoisotopic (exact) mass is 279 g/mol. The molecule has 6 nitrogen and oxygen atoms in total. The molecule has 0 atom stereocenters. The van der Waals surface area contributed by atoms with Crippen LogP contribution in [0.5, 0.6) is 0 Å². The second-order valence-corrected chi connectivity index (χ2v) is 4.44. The maximum atomic E-state index is 12.1. The van der Waals surface area contributed by atoms with Gasteiger partial charge in [0, 0.05) is 39.1 Å². The first-order chi connectivity index (χ1) is 9.60. The molecule has 0 bridgehead atoms. The third-order valence-electron chi connectivity index (χ3n) is 3.05. The van der Waals surface area contributed by atoms with Crippen molar-refractivity contribution in [3.63, 3.8) is 0 Å². The fourth-order valence-corrected chi connectivity index (χ4v) is 1.77. The molecule has 110 valence electrons. The van der Waals surface area contributed by atoms with E-state index in [0.29, 0.717) is 19.5 Å². The fraction of sp³-hybridized carbons (Fsp3) is 0.500. The molecule has 6 heteroatoms. The fourth-order valence-electron chi connectivity index (χ4n) is 1.77. The van der Waals surface area contributed by atoms with Crippen LogP contribution in [-0.2, 0) is 16.0 Å². The number of nitrogens with zero attached hydrogens (tertiary/aromatic N) is 3. The zero-order valence-electron chi connectivity index (χ0n) is 12.0. The van der Waals surface area contributed by atoms with Gasteiger partial charge in [-0.15, -0.1) is 0 Å². The molecule has 0 saturated carbocycles. The van der Waals surface area contributed by atoms with Crippen molar-refractivity contribution < 1.29 is 14.7 Å². The Labute approximate surface area is 119 Å². The first kappa shape index (κ1) is 16.1. The summed E-state index contributed by atoms with van der Waals surface area (Å²) < 4.78 is 0. The molecular formula is C14H21N3O3. The zero-order valence-corrected chi connectivity index (χ0v) is 12.0. The van der Waals surface area contributed by atoms with Crippen LogP contribution in [0.2, 0.25) is 0 Å². The number of carbonyl (C=O) groups excluding carboxylic acids is 2. The molecule has 20 heavy (non-hydrogen) atoms. The first-order valence-corrected chi connectivity index (χ1v) is 6.64. The van der Waals surface area contributed by atoms with Crippen molar-refractivity contribution >= 4 is 11.8 Å². The minimum absolute atomic E-state index is 0.154. The lowest BCUT2D eigenvalue weighted by atomic mass is 10.2. The van der Waals surface area contributed by atoms with E-state index >= 15 is 0 Å². The largest absolute Gasteiger partial charge is 0.395 e. The molecule has 1 aromatic rings. The Morgan fingerprint density at radius 1 is 1.20 bits per heavy atom. The summed E-state index contributed by atoms with van der Waals surface area (Å²) in [5.74, 6) is -1.12. The number of aliphatic hydroxyl groups is 1. The van der Waals surface area contributed by atoms with Gasteiger partial charge in [-0.05, 0) is 31.0 Å². The van der Waals surface area contributed by atoms with E-state index in [9.17, 15) is 9.59 Å². The summed E-state index contributed by atoms with van der Waals surface area (Å²) in [5, 5.41) is 8.79. The summed E-state index contributed by atoms with van der Waals surface area (Å²) in [4.78, 5) is 30.6. The number of pyridine rings is 1. The molecule has 0 aliphatic rings. The Kier molecular flexibility index (Phi) is 6.66. The van der Waals surface area contributed by atoms with E-state index in [1.165, 1.54) is 16.8 Å². The molecule has 0 aromatic carbocycles. The molecular weight excluding hydrogens is 258 g/mol. The highest BCUT2D eigenvalue weighted by Crippen LogP contribution is 2.02. The normalized spacial score (nSPS) is 10.2. The van der Waals surface area contributed by atoms with Crippen molar-refractivity contribution in [1.82, 2.24) is 14.8 Å². The molecule has 0 spiro atoms. The van der Waals surface area contributed by atoms with Crippen molar-refractivity contribution in [2.45, 2.75) is 13.3 Å². The highest BCUT2D eigenvalue weighted by Gasteiger charge is 2.23. The Hall–Kier alpha value is -1.95. The molecule has 1 aromatic heterocycles. The van der Waals surface area contributed by atoms with Gasteiger partial charge in [0.05, 0.1) is 6.61 Å². The minimum Gasteiger partial charge on any atom is -0.395 e. The summed E-state index contributed by atoms with van der Waals surface area (Å²) in [6.45, 7) is 2.80. The number of aromatic nitrogens is 1. The van der Waals surface area contributed by atoms with Crippen LogP contribution in [0.25, 0.3) is 0 Å². The number of hydrogen-bond acceptors (Lipinski definition) is 4. The molecule has 0 unspecified atom stereocenters. The first-order valence-electron chi connectivity index (χ1n) is 6.64. The SMILES string of the molecule is CCN(CCc1ccncc1)C(=O)C(=O)N(C)CCO. The van der Waals surface area contributed by atoms with Crippen LogP contribution < -0.4 is 0 Å². The quantitative estimate of drug-likeness (QED) is 0.739. The number of carbonyl (C=O) groups is 2. The van der Waals surface area contributed by atoms with Crippen molar-refractivity contribution in [2.24, 2.45) is 0 Å². The third-order valence-corrected chi connectivity index (χ3v) is 3.05. The van der Waals surface area contributed by atoms with Crippen LogP contribution in [0.15, 0.2) is 24.5 Å². The van der Waals surface area contributed by atoms with Gasteiger partial charge < -0.3 is 14.9 Å². The Morgan fingerprint density at radius 2 is 1.85 bits per heavy atom. The third kappa shape index (κ3) is 4.62. The maximum Gasteiger partial charge on any atom is 0.312 e. The van der Waals surface area contributed by atoms with Crippen molar-refractivity contribution in [3.8, 4) is 0 Å². The highest BCUT2D eigenvalue weighted by atomic mass is 16.3. The van der Waals surface area contributed by atoms with Crippen LogP contribution in [-0.4, -0.2) is 65.0 Å². The topological polar surface area (TPSA) is 73.7 Å². The molecule has 0 aliphatic carbocycles. The summed E-state index contributed by atoms with van der Waals surface area (Å²) in [7, 11) is 1.51. The number of amides is 2. The Morgan fingerprint density at radius 3 is 2.40 bits per heavy atom. The lowest BCUT2D eigenvalue weighted by Gasteiger charge is -2.23. The maximum absolute atomic E-state index is 12.1. The highest BCUT2D eigenvalue weighted by molar-refractivity contribution is 6.34. The number of likely N-dealkylation sites (N-methyl/N-ethyl adjacent to an activating group) is 2. The minimum atomic E-state index is -0.587. The predicted octanol–water partition coefficient (Wildman–Crippen LogP) is -0.0767. The van der Waals surface area contributed by atoms with Crippen molar-refractivity contribution in [1.29, 1.82) is 0 Å². The van der Waals surface area contributed by atoms with Gasteiger partial charge in [-0.2, -0.15) is 0 Å². The van der Waals surface area contributed by atoms with Gasteiger partial charge in [-0.25, -0.2) is 0 Å². The van der Waals surface area contributed by atoms with Gasteiger partial charge in [0.1, 0.15) is 0 Å². The van der Waals surface area contributed by atoms with Crippen molar-refractivity contribution in [2.75, 3.05) is 33.3 Å². The summed E-state index contributed by atoms with van der Waals surface area (Å²) >= 11 is 0. The van der Waals surface area contributed by atoms with E-state index in [2.05, 4.69) is 4.98 Å². The number of aliphatic hydroxyl groups excluding tert-OH is 1. The van der Waals surface area contributed by atoms with Gasteiger partial charge in [0.25, 0.3) is 0 Å². The average molecular weight is 279 g/mol. The van der Waals surface area contributed by atoms with E-state index in [0.717, 1.165) is 5.56 Å². The average Bonchev–Trinajstić information content (AvgIpc) is 2.48. The Balaban J connectivity index is 2.57. The summed E-state index contributed by atoms with van der Waals surface area (Å²) in [5.41, 5.74) is 1.07. The van der Waals surface area contributed by atoms with Gasteiger partial charge in [0.15, 0.2) is 0 Å². The van der Waals surface area contributed by atoms with E-state index in [1.807, 2.05) is 19.1 Å². The summed E-state index contributed by atoms with van der Waals surface area (Å²) in [6.07, 6.45) is 4.08. The lowest BCUT2D eigenvalue weighted by Crippen LogP contribution is -2.45. The second kappa shape index (κ2) is 8.27. The predicted molar refractivity (Wildman–Crippen MR) is 74.9 cm³/mol. The van der Waals surface area contributed by atoms with Crippen LogP contribution >= 0.6 is 0 Å². The van der Waals surface area contributed by atoms with E-state index in [1.54, 1.807) is 12.4 Å². The molecule has 0 aliphatic heterocycles. The van der Waals surface area contributed by atoms with Gasteiger partial charge in [-0.3, -0.25) is 14.6 Å². The lowest BCUT2D eigenvalue weighted by molar-refractivity contribution is -0.151. The molecule has 0 saturated heterocycles. The van der Waals surface area contributed by atoms with Crippen LogP contribution in [0.4, 0.5) is 0 Å². The van der Waals surface area contributed by atoms with Gasteiger partial charge in [-0.1, -0.05) is 0 Å². The second-order valence-electron chi connectivity index (χ2n) is 4.44. The summed E-state index contributed by atoms with van der Waals surface area (Å²) in [6, 6.07) is 3.77. The molecule has 1 heterocycles. The smallest absolute Gasteiger partial charge is 0.312 e. The Bertz CT molecular complexity index is 437. The molecule has 2 amide bonds. The molecule has 0 radical (unpaired) electrons. The van der Waals surface area contributed by atoms with Gasteiger partial charge >= 0.3 is 11.8 Å². The van der Waals surface area contributed by atoms with Crippen LogP contribution in [0, 0.1) is 0 Å². The number of hydrogen-bond donors (Lipinski definition) is 1. The van der Waals surface area contributed by atoms with E-state index in [4.69, 9.17) is 5.11 Å². The van der Waals surface area contributed by atoms with Crippen LogP contribution in [0.3, 0.4) is 0 Å². The molecule has 0 fully saturated rings. The van der Waals surface area contributed by atoms with Gasteiger partial charge in [0.2, 0.25) is 0 Å². The molecule has 1 N–H and O–H groups in total. The van der Waals surface area contributed by atoms with E-state index < -0.39 is 11.8 Å². The number of rotatable bonds is 6. The zero-order chi connectivity index (χ0) is 15.0. The van der Waals surface area contributed by atoms with Crippen molar-refractivity contribution in [3.05, 3.63) is 30.1 Å². The standard InChI is InChI=1S/C14H21N3O3/c1-3-17(9-6-12-4-7-15-8-5-12)14(20)13(19)16(2)10-11-18/h4-5,7-8,18H,3,6,9-11H2,1-2H3. The van der Waals surface area contributed by atoms with E-state index in [-0.39, 0.29) is 13.2 Å². The van der Waals surface area contributed by atoms with Crippen LogP contribution in [0.1, 0.15) is 12.5 Å².